The van der Waals surface area contributed by atoms with E-state index in [1.165, 1.54) is 42.5 Å². The van der Waals surface area contributed by atoms with Gasteiger partial charge in [0, 0.05) is 16.1 Å². The summed E-state index contributed by atoms with van der Waals surface area (Å²) in [6, 6.07) is 12.5. The van der Waals surface area contributed by atoms with Gasteiger partial charge in [-0.15, -0.1) is 0 Å². The quantitative estimate of drug-likeness (QED) is 0.239. The van der Waals surface area contributed by atoms with Crippen LogP contribution in [0.3, 0.4) is 0 Å². The molecule has 0 radical (unpaired) electrons. The first-order chi connectivity index (χ1) is 13.5. The fourth-order valence-electron chi connectivity index (χ4n) is 3.23. The Morgan fingerprint density at radius 2 is 1.41 bits per heavy atom. The van der Waals surface area contributed by atoms with E-state index in [1.54, 1.807) is 6.07 Å². The molecule has 0 amide bonds. The van der Waals surface area contributed by atoms with E-state index in [0.717, 1.165) is 6.07 Å². The summed E-state index contributed by atoms with van der Waals surface area (Å²) >= 11 is 24.7. The SMILES string of the molecule is O=S(=O)(O)C(c1ccccc1)(c1cc(Cl)c(O)c(Cl)c1Cl)c1c(O)cccc1Cl. The second kappa shape index (κ2) is 7.87. The molecule has 3 N–H and O–H groups in total. The zero-order valence-corrected chi connectivity index (χ0v) is 18.1. The first kappa shape index (κ1) is 22.0. The molecule has 3 aromatic carbocycles. The van der Waals surface area contributed by atoms with Gasteiger partial charge in [0.05, 0.1) is 10.0 Å². The van der Waals surface area contributed by atoms with Crippen molar-refractivity contribution in [3.63, 3.8) is 0 Å². The van der Waals surface area contributed by atoms with Crippen LogP contribution in [-0.2, 0) is 14.9 Å². The average molecular weight is 494 g/mol. The van der Waals surface area contributed by atoms with Gasteiger partial charge in [0.1, 0.15) is 10.8 Å². The molecule has 0 aliphatic heterocycles. The van der Waals surface area contributed by atoms with E-state index in [4.69, 9.17) is 46.4 Å². The van der Waals surface area contributed by atoms with Gasteiger partial charge in [-0.1, -0.05) is 82.8 Å². The van der Waals surface area contributed by atoms with E-state index in [9.17, 15) is 23.2 Å². The molecule has 10 heteroatoms. The summed E-state index contributed by atoms with van der Waals surface area (Å²) < 4.78 is 34.0. The fourth-order valence-corrected chi connectivity index (χ4v) is 5.74. The van der Waals surface area contributed by atoms with E-state index in [1.807, 2.05) is 0 Å². The highest BCUT2D eigenvalue weighted by Gasteiger charge is 2.53. The Morgan fingerprint density at radius 1 is 0.793 bits per heavy atom. The highest BCUT2D eigenvalue weighted by molar-refractivity contribution is 7.87. The highest BCUT2D eigenvalue weighted by Crippen LogP contribution is 2.54. The molecule has 0 bridgehead atoms. The van der Waals surface area contributed by atoms with E-state index in [0.29, 0.717) is 0 Å². The van der Waals surface area contributed by atoms with Crippen LogP contribution in [-0.4, -0.2) is 23.2 Å². The van der Waals surface area contributed by atoms with E-state index in [2.05, 4.69) is 0 Å². The van der Waals surface area contributed by atoms with Crippen LogP contribution < -0.4 is 0 Å². The van der Waals surface area contributed by atoms with Gasteiger partial charge >= 0.3 is 0 Å². The van der Waals surface area contributed by atoms with Crippen molar-refractivity contribution in [3.05, 3.63) is 91.4 Å². The number of halogens is 4. The molecule has 0 spiro atoms. The van der Waals surface area contributed by atoms with Gasteiger partial charge in [-0.05, 0) is 23.8 Å². The predicted molar refractivity (Wildman–Crippen MR) is 114 cm³/mol. The molecular formula is C19H12Cl4O5S. The minimum Gasteiger partial charge on any atom is -0.508 e. The van der Waals surface area contributed by atoms with E-state index >= 15 is 0 Å². The Labute approximate surface area is 186 Å². The van der Waals surface area contributed by atoms with Crippen LogP contribution >= 0.6 is 46.4 Å². The lowest BCUT2D eigenvalue weighted by Gasteiger charge is -2.34. The molecular weight excluding hydrogens is 482 g/mol. The number of aromatic hydroxyl groups is 2. The van der Waals surface area contributed by atoms with Crippen molar-refractivity contribution in [1.29, 1.82) is 0 Å². The second-order valence-electron chi connectivity index (χ2n) is 6.04. The van der Waals surface area contributed by atoms with Crippen molar-refractivity contribution < 1.29 is 23.2 Å². The van der Waals surface area contributed by atoms with Crippen LogP contribution in [0, 0.1) is 0 Å². The van der Waals surface area contributed by atoms with E-state index in [-0.39, 0.29) is 26.7 Å². The summed E-state index contributed by atoms with van der Waals surface area (Å²) in [5.74, 6) is -1.09. The van der Waals surface area contributed by atoms with Gasteiger partial charge < -0.3 is 10.2 Å². The molecule has 0 aromatic heterocycles. The average Bonchev–Trinajstić information content (AvgIpc) is 2.66. The Hall–Kier alpha value is -1.67. The molecule has 0 fully saturated rings. The molecule has 0 aliphatic rings. The van der Waals surface area contributed by atoms with Crippen molar-refractivity contribution in [1.82, 2.24) is 0 Å². The number of hydrogen-bond donors (Lipinski definition) is 3. The number of hydrogen-bond acceptors (Lipinski definition) is 4. The van der Waals surface area contributed by atoms with Gasteiger partial charge in [-0.2, -0.15) is 8.42 Å². The minimum atomic E-state index is -5.13. The number of rotatable bonds is 4. The molecule has 3 rings (SSSR count). The molecule has 1 atom stereocenters. The largest absolute Gasteiger partial charge is 0.508 e. The Balaban J connectivity index is 2.67. The maximum atomic E-state index is 13.0. The minimum absolute atomic E-state index is 0.00521. The zero-order chi connectivity index (χ0) is 21.6. The Bertz CT molecular complexity index is 1180. The van der Waals surface area contributed by atoms with Crippen molar-refractivity contribution in [3.8, 4) is 11.5 Å². The zero-order valence-electron chi connectivity index (χ0n) is 14.3. The lowest BCUT2D eigenvalue weighted by atomic mass is 9.83. The molecule has 152 valence electrons. The van der Waals surface area contributed by atoms with Gasteiger partial charge in [-0.25, -0.2) is 0 Å². The van der Waals surface area contributed by atoms with Gasteiger partial charge in [0.15, 0.2) is 10.5 Å². The molecule has 1 unspecified atom stereocenters. The standard InChI is InChI=1S/C19H12Cl4O5S/c20-12-7-4-8-14(24)15(12)19(29(26,27)28,10-5-2-1-3-6-10)11-9-13(21)18(25)17(23)16(11)22/h1-9,24-25H,(H,26,27,28). The van der Waals surface area contributed by atoms with Crippen LogP contribution in [0.1, 0.15) is 16.7 Å². The third kappa shape index (κ3) is 3.44. The normalized spacial score (nSPS) is 13.8. The lowest BCUT2D eigenvalue weighted by molar-refractivity contribution is 0.440. The maximum Gasteiger partial charge on any atom is 0.283 e. The number of phenols is 2. The number of phenolic OH excluding ortho intramolecular Hbond substituents is 2. The van der Waals surface area contributed by atoms with Gasteiger partial charge in [-0.3, -0.25) is 4.55 Å². The monoisotopic (exact) mass is 492 g/mol. The third-order valence-corrected chi connectivity index (χ3v) is 7.32. The first-order valence-corrected chi connectivity index (χ1v) is 10.9. The molecule has 29 heavy (non-hydrogen) atoms. The van der Waals surface area contributed by atoms with Gasteiger partial charge in [0.2, 0.25) is 0 Å². The van der Waals surface area contributed by atoms with Crippen molar-refractivity contribution in [2.45, 2.75) is 4.75 Å². The highest BCUT2D eigenvalue weighted by atomic mass is 35.5. The Morgan fingerprint density at radius 3 is 1.97 bits per heavy atom. The third-order valence-electron chi connectivity index (χ3n) is 4.42. The molecule has 0 saturated heterocycles. The van der Waals surface area contributed by atoms with E-state index < -0.39 is 36.4 Å². The van der Waals surface area contributed by atoms with Crippen molar-refractivity contribution in [2.75, 3.05) is 0 Å². The lowest BCUT2D eigenvalue weighted by Crippen LogP contribution is -2.39. The molecule has 0 heterocycles. The fraction of sp³-hybridized carbons (Fsp3) is 0.0526. The molecule has 0 aliphatic carbocycles. The van der Waals surface area contributed by atoms with Crippen LogP contribution in [0.25, 0.3) is 0 Å². The first-order valence-electron chi connectivity index (χ1n) is 7.91. The number of benzene rings is 3. The summed E-state index contributed by atoms with van der Waals surface area (Å²) in [5, 5.41) is 19.3. The second-order valence-corrected chi connectivity index (χ2v) is 9.17. The van der Waals surface area contributed by atoms with Crippen LogP contribution in [0.15, 0.2) is 54.6 Å². The molecule has 0 saturated carbocycles. The summed E-state index contributed by atoms with van der Waals surface area (Å²) in [6.07, 6.45) is 0. The molecule has 3 aromatic rings. The van der Waals surface area contributed by atoms with Crippen LogP contribution in [0.2, 0.25) is 20.1 Å². The Kier molecular flexibility index (Phi) is 5.98. The van der Waals surface area contributed by atoms with Gasteiger partial charge in [0.25, 0.3) is 10.1 Å². The smallest absolute Gasteiger partial charge is 0.283 e. The van der Waals surface area contributed by atoms with Crippen molar-refractivity contribution >= 4 is 56.5 Å². The summed E-state index contributed by atoms with van der Waals surface area (Å²) in [5.41, 5.74) is -0.648. The topological polar surface area (TPSA) is 94.8 Å². The van der Waals surface area contributed by atoms with Crippen LogP contribution in [0.5, 0.6) is 11.5 Å². The van der Waals surface area contributed by atoms with Crippen molar-refractivity contribution in [2.24, 2.45) is 0 Å². The van der Waals surface area contributed by atoms with Crippen LogP contribution in [0.4, 0.5) is 0 Å². The maximum absolute atomic E-state index is 13.0. The predicted octanol–water partition coefficient (Wildman–Crippen LogP) is 5.89. The summed E-state index contributed by atoms with van der Waals surface area (Å²) in [6.45, 7) is 0. The summed E-state index contributed by atoms with van der Waals surface area (Å²) in [4.78, 5) is 0. The molecule has 5 nitrogen and oxygen atoms in total. The summed E-state index contributed by atoms with van der Waals surface area (Å²) in [7, 11) is -5.13.